The summed E-state index contributed by atoms with van der Waals surface area (Å²) in [5, 5.41) is 0.529. The summed E-state index contributed by atoms with van der Waals surface area (Å²) in [4.78, 5) is 15.8. The Hall–Kier alpha value is -0.890. The lowest BCUT2D eigenvalue weighted by Crippen LogP contribution is -2.04. The molecule has 0 bridgehead atoms. The van der Waals surface area contributed by atoms with Gasteiger partial charge in [0.15, 0.2) is 5.78 Å². The van der Waals surface area contributed by atoms with Crippen LogP contribution >= 0.6 is 11.6 Å². The van der Waals surface area contributed by atoms with E-state index in [1.807, 2.05) is 20.8 Å². The SMILES string of the molecule is CCC(=O)c1c(Cl)cc(CC)nc1C. The van der Waals surface area contributed by atoms with E-state index >= 15 is 0 Å². The number of aromatic nitrogens is 1. The van der Waals surface area contributed by atoms with Crippen molar-refractivity contribution in [2.24, 2.45) is 0 Å². The lowest BCUT2D eigenvalue weighted by atomic mass is 10.1. The number of halogens is 1. The van der Waals surface area contributed by atoms with Crippen LogP contribution in [-0.2, 0) is 6.42 Å². The van der Waals surface area contributed by atoms with Gasteiger partial charge in [0.25, 0.3) is 0 Å². The highest BCUT2D eigenvalue weighted by molar-refractivity contribution is 6.34. The van der Waals surface area contributed by atoms with Crippen molar-refractivity contribution in [3.05, 3.63) is 28.0 Å². The molecule has 1 rings (SSSR count). The van der Waals surface area contributed by atoms with Gasteiger partial charge in [-0.3, -0.25) is 9.78 Å². The molecule has 0 radical (unpaired) electrons. The third-order valence-corrected chi connectivity index (χ3v) is 2.47. The van der Waals surface area contributed by atoms with Gasteiger partial charge >= 0.3 is 0 Å². The van der Waals surface area contributed by atoms with E-state index in [1.165, 1.54) is 0 Å². The van der Waals surface area contributed by atoms with Crippen LogP contribution in [0.15, 0.2) is 6.07 Å². The maximum absolute atomic E-state index is 11.5. The normalized spacial score (nSPS) is 10.3. The molecule has 1 aromatic heterocycles. The number of hydrogen-bond donors (Lipinski definition) is 0. The zero-order chi connectivity index (χ0) is 10.7. The van der Waals surface area contributed by atoms with Crippen LogP contribution in [0.1, 0.15) is 42.0 Å². The number of aryl methyl sites for hydroxylation is 2. The second kappa shape index (κ2) is 4.56. The Balaban J connectivity index is 3.25. The molecule has 0 aliphatic heterocycles. The van der Waals surface area contributed by atoms with Crippen LogP contribution in [0.3, 0.4) is 0 Å². The molecule has 3 heteroatoms. The van der Waals surface area contributed by atoms with Crippen molar-refractivity contribution in [3.63, 3.8) is 0 Å². The standard InChI is InChI=1S/C11H14ClNO/c1-4-8-6-9(12)11(7(3)13-8)10(14)5-2/h6H,4-5H2,1-3H3. The van der Waals surface area contributed by atoms with Gasteiger partial charge < -0.3 is 0 Å². The summed E-state index contributed by atoms with van der Waals surface area (Å²) in [5.74, 6) is 0.0580. The molecular formula is C11H14ClNO. The molecule has 0 unspecified atom stereocenters. The van der Waals surface area contributed by atoms with Crippen LogP contribution < -0.4 is 0 Å². The average Bonchev–Trinajstić information content (AvgIpc) is 2.16. The van der Waals surface area contributed by atoms with E-state index in [0.717, 1.165) is 17.8 Å². The molecule has 0 aromatic carbocycles. The molecule has 0 saturated heterocycles. The highest BCUT2D eigenvalue weighted by Gasteiger charge is 2.13. The lowest BCUT2D eigenvalue weighted by Gasteiger charge is -2.07. The van der Waals surface area contributed by atoms with Crippen LogP contribution in [0.4, 0.5) is 0 Å². The molecule has 0 atom stereocenters. The van der Waals surface area contributed by atoms with Gasteiger partial charge in [-0.1, -0.05) is 25.4 Å². The third-order valence-electron chi connectivity index (χ3n) is 2.17. The minimum absolute atomic E-state index is 0.0580. The summed E-state index contributed by atoms with van der Waals surface area (Å²) in [6.07, 6.45) is 1.30. The van der Waals surface area contributed by atoms with E-state index in [2.05, 4.69) is 4.98 Å². The van der Waals surface area contributed by atoms with Crippen LogP contribution in [0, 0.1) is 6.92 Å². The summed E-state index contributed by atoms with van der Waals surface area (Å²) in [7, 11) is 0. The lowest BCUT2D eigenvalue weighted by molar-refractivity contribution is 0.0987. The van der Waals surface area contributed by atoms with Crippen molar-refractivity contribution < 1.29 is 4.79 Å². The van der Waals surface area contributed by atoms with Gasteiger partial charge in [0.1, 0.15) is 0 Å². The Morgan fingerprint density at radius 1 is 1.50 bits per heavy atom. The van der Waals surface area contributed by atoms with Gasteiger partial charge in [-0.15, -0.1) is 0 Å². The molecule has 0 saturated carbocycles. The van der Waals surface area contributed by atoms with E-state index in [0.29, 0.717) is 17.0 Å². The van der Waals surface area contributed by atoms with Crippen molar-refractivity contribution >= 4 is 17.4 Å². The molecule has 0 amide bonds. The Labute approximate surface area is 89.3 Å². The minimum Gasteiger partial charge on any atom is -0.294 e. The molecule has 2 nitrogen and oxygen atoms in total. The van der Waals surface area contributed by atoms with Crippen molar-refractivity contribution in [2.75, 3.05) is 0 Å². The number of hydrogen-bond acceptors (Lipinski definition) is 2. The van der Waals surface area contributed by atoms with Gasteiger partial charge in [0, 0.05) is 17.8 Å². The van der Waals surface area contributed by atoms with Crippen molar-refractivity contribution in [1.82, 2.24) is 4.98 Å². The number of nitrogens with zero attached hydrogens (tertiary/aromatic N) is 1. The van der Waals surface area contributed by atoms with Crippen molar-refractivity contribution in [3.8, 4) is 0 Å². The second-order valence-electron chi connectivity index (χ2n) is 3.19. The zero-order valence-corrected chi connectivity index (χ0v) is 9.48. The number of carbonyl (C=O) groups excluding carboxylic acids is 1. The molecular weight excluding hydrogens is 198 g/mol. The number of carbonyl (C=O) groups is 1. The maximum atomic E-state index is 11.5. The summed E-state index contributed by atoms with van der Waals surface area (Å²) in [6, 6.07) is 1.78. The molecule has 0 N–H and O–H groups in total. The molecule has 0 fully saturated rings. The molecule has 1 aromatic rings. The van der Waals surface area contributed by atoms with E-state index in [-0.39, 0.29) is 5.78 Å². The summed E-state index contributed by atoms with van der Waals surface area (Å²) in [6.45, 7) is 5.67. The van der Waals surface area contributed by atoms with Crippen molar-refractivity contribution in [2.45, 2.75) is 33.6 Å². The van der Waals surface area contributed by atoms with E-state index in [4.69, 9.17) is 11.6 Å². The van der Waals surface area contributed by atoms with E-state index in [9.17, 15) is 4.79 Å². The zero-order valence-electron chi connectivity index (χ0n) is 8.72. The van der Waals surface area contributed by atoms with Crippen LogP contribution in [0.25, 0.3) is 0 Å². The first kappa shape index (κ1) is 11.2. The largest absolute Gasteiger partial charge is 0.294 e. The monoisotopic (exact) mass is 211 g/mol. The number of rotatable bonds is 3. The molecule has 14 heavy (non-hydrogen) atoms. The topological polar surface area (TPSA) is 30.0 Å². The first-order chi connectivity index (χ1) is 6.60. The second-order valence-corrected chi connectivity index (χ2v) is 3.59. The van der Waals surface area contributed by atoms with Gasteiger partial charge in [0.05, 0.1) is 10.6 Å². The van der Waals surface area contributed by atoms with Crippen LogP contribution in [0.5, 0.6) is 0 Å². The number of pyridine rings is 1. The van der Waals surface area contributed by atoms with E-state index in [1.54, 1.807) is 6.07 Å². The Morgan fingerprint density at radius 3 is 2.57 bits per heavy atom. The summed E-state index contributed by atoms with van der Waals surface area (Å²) < 4.78 is 0. The molecule has 76 valence electrons. The highest BCUT2D eigenvalue weighted by atomic mass is 35.5. The molecule has 0 spiro atoms. The third kappa shape index (κ3) is 2.13. The van der Waals surface area contributed by atoms with E-state index < -0.39 is 0 Å². The predicted molar refractivity (Wildman–Crippen MR) is 58.0 cm³/mol. The van der Waals surface area contributed by atoms with Gasteiger partial charge in [-0.2, -0.15) is 0 Å². The average molecular weight is 212 g/mol. The first-order valence-corrected chi connectivity index (χ1v) is 5.17. The van der Waals surface area contributed by atoms with Gasteiger partial charge in [-0.05, 0) is 19.4 Å². The van der Waals surface area contributed by atoms with Gasteiger partial charge in [0.2, 0.25) is 0 Å². The molecule has 0 aliphatic rings. The van der Waals surface area contributed by atoms with Gasteiger partial charge in [-0.25, -0.2) is 0 Å². The van der Waals surface area contributed by atoms with Crippen molar-refractivity contribution in [1.29, 1.82) is 0 Å². The fourth-order valence-corrected chi connectivity index (χ4v) is 1.76. The van der Waals surface area contributed by atoms with Crippen LogP contribution in [-0.4, -0.2) is 10.8 Å². The Morgan fingerprint density at radius 2 is 2.14 bits per heavy atom. The fraction of sp³-hybridized carbons (Fsp3) is 0.455. The quantitative estimate of drug-likeness (QED) is 0.719. The number of ketones is 1. The molecule has 0 aliphatic carbocycles. The predicted octanol–water partition coefficient (Wildman–Crippen LogP) is 3.20. The number of Topliss-reactive ketones (excluding diaryl/α,β-unsaturated/α-hetero) is 1. The molecule has 1 heterocycles. The highest BCUT2D eigenvalue weighted by Crippen LogP contribution is 2.21. The fourth-order valence-electron chi connectivity index (χ4n) is 1.39. The smallest absolute Gasteiger partial charge is 0.165 e. The minimum atomic E-state index is 0.0580. The van der Waals surface area contributed by atoms with Crippen LogP contribution in [0.2, 0.25) is 5.02 Å². The Kier molecular flexibility index (Phi) is 3.64. The first-order valence-electron chi connectivity index (χ1n) is 4.79. The summed E-state index contributed by atoms with van der Waals surface area (Å²) in [5.41, 5.74) is 2.24. The maximum Gasteiger partial charge on any atom is 0.165 e. The summed E-state index contributed by atoms with van der Waals surface area (Å²) >= 11 is 6.03. The Bertz CT molecular complexity index is 337.